The Morgan fingerprint density at radius 3 is 2.94 bits per heavy atom. The van der Waals surface area contributed by atoms with E-state index in [4.69, 9.17) is 0 Å². The van der Waals surface area contributed by atoms with Crippen molar-refractivity contribution in [1.29, 1.82) is 0 Å². The van der Waals surface area contributed by atoms with Crippen LogP contribution < -0.4 is 4.90 Å². The molecule has 0 aliphatic carbocycles. The number of thiazole rings is 1. The van der Waals surface area contributed by atoms with Gasteiger partial charge in [0.15, 0.2) is 0 Å². The molecule has 0 N–H and O–H groups in total. The van der Waals surface area contributed by atoms with Gasteiger partial charge < -0.3 is 4.90 Å². The van der Waals surface area contributed by atoms with Crippen LogP contribution in [-0.4, -0.2) is 29.2 Å². The molecule has 0 amide bonds. The highest BCUT2D eigenvalue weighted by molar-refractivity contribution is 9.10. The van der Waals surface area contributed by atoms with Crippen LogP contribution in [-0.2, 0) is 0 Å². The normalized spacial score (nSPS) is 19.4. The zero-order chi connectivity index (χ0) is 12.5. The molecular weight excluding hydrogens is 317 g/mol. The van der Waals surface area contributed by atoms with Crippen LogP contribution in [0.2, 0.25) is 0 Å². The maximum atomic E-state index is 13.2. The van der Waals surface area contributed by atoms with E-state index < -0.39 is 6.17 Å². The van der Waals surface area contributed by atoms with Crippen molar-refractivity contribution in [2.75, 3.05) is 18.0 Å². The molecule has 0 unspecified atom stereocenters. The van der Waals surface area contributed by atoms with E-state index in [1.807, 2.05) is 16.3 Å². The van der Waals surface area contributed by atoms with Gasteiger partial charge in [0.1, 0.15) is 17.0 Å². The molecule has 2 aromatic rings. The van der Waals surface area contributed by atoms with Gasteiger partial charge in [0.25, 0.3) is 0 Å². The first-order chi connectivity index (χ1) is 8.74. The van der Waals surface area contributed by atoms with Crippen LogP contribution in [0, 0.1) is 0 Å². The SMILES string of the molecule is F[C@@H]1CCN(c2ncc(-c3nccs3)cc2Br)C1. The van der Waals surface area contributed by atoms with Gasteiger partial charge in [-0.15, -0.1) is 11.3 Å². The van der Waals surface area contributed by atoms with E-state index >= 15 is 0 Å². The summed E-state index contributed by atoms with van der Waals surface area (Å²) in [5.41, 5.74) is 0.983. The Labute approximate surface area is 117 Å². The van der Waals surface area contributed by atoms with Crippen molar-refractivity contribution >= 4 is 33.1 Å². The molecule has 0 radical (unpaired) electrons. The molecule has 1 aliphatic heterocycles. The van der Waals surface area contributed by atoms with Gasteiger partial charge in [-0.1, -0.05) is 0 Å². The number of hydrogen-bond acceptors (Lipinski definition) is 4. The third kappa shape index (κ3) is 2.27. The van der Waals surface area contributed by atoms with E-state index in [0.29, 0.717) is 13.0 Å². The van der Waals surface area contributed by atoms with Crippen LogP contribution in [0.3, 0.4) is 0 Å². The molecule has 18 heavy (non-hydrogen) atoms. The summed E-state index contributed by atoms with van der Waals surface area (Å²) in [5, 5.41) is 2.88. The van der Waals surface area contributed by atoms with Gasteiger partial charge >= 0.3 is 0 Å². The average Bonchev–Trinajstić information content (AvgIpc) is 2.99. The van der Waals surface area contributed by atoms with Crippen molar-refractivity contribution in [3.05, 3.63) is 28.3 Å². The molecule has 0 aromatic carbocycles. The van der Waals surface area contributed by atoms with Crippen molar-refractivity contribution in [2.24, 2.45) is 0 Å². The van der Waals surface area contributed by atoms with Crippen molar-refractivity contribution < 1.29 is 4.39 Å². The number of hydrogen-bond donors (Lipinski definition) is 0. The molecule has 0 spiro atoms. The number of pyridine rings is 1. The highest BCUT2D eigenvalue weighted by Gasteiger charge is 2.24. The summed E-state index contributed by atoms with van der Waals surface area (Å²) in [6.07, 6.45) is 3.42. The summed E-state index contributed by atoms with van der Waals surface area (Å²) in [4.78, 5) is 10.7. The number of halogens is 2. The van der Waals surface area contributed by atoms with Crippen LogP contribution in [0.25, 0.3) is 10.6 Å². The standard InChI is InChI=1S/C12H11BrFN3S/c13-10-5-8(12-15-2-4-18-12)6-16-11(10)17-3-1-9(14)7-17/h2,4-6,9H,1,3,7H2/t9-/m1/s1. The van der Waals surface area contributed by atoms with E-state index in [0.717, 1.165) is 27.4 Å². The van der Waals surface area contributed by atoms with Gasteiger partial charge in [-0.3, -0.25) is 0 Å². The minimum atomic E-state index is -0.739. The second kappa shape index (κ2) is 4.93. The molecule has 1 aliphatic rings. The molecule has 6 heteroatoms. The first kappa shape index (κ1) is 12.0. The number of anilines is 1. The first-order valence-corrected chi connectivity index (χ1v) is 7.36. The topological polar surface area (TPSA) is 29.0 Å². The minimum Gasteiger partial charge on any atom is -0.353 e. The third-order valence-electron chi connectivity index (χ3n) is 2.93. The summed E-state index contributed by atoms with van der Waals surface area (Å²) >= 11 is 5.09. The molecule has 0 bridgehead atoms. The molecular formula is C12H11BrFN3S. The largest absolute Gasteiger partial charge is 0.353 e. The van der Waals surface area contributed by atoms with Gasteiger partial charge in [-0.05, 0) is 28.4 Å². The molecule has 94 valence electrons. The summed E-state index contributed by atoms with van der Waals surface area (Å²) in [6.45, 7) is 1.16. The highest BCUT2D eigenvalue weighted by atomic mass is 79.9. The molecule has 3 nitrogen and oxygen atoms in total. The second-order valence-corrected chi connectivity index (χ2v) is 5.95. The fourth-order valence-corrected chi connectivity index (χ4v) is 3.28. The van der Waals surface area contributed by atoms with Gasteiger partial charge in [0.05, 0.1) is 11.0 Å². The number of nitrogens with zero attached hydrogens (tertiary/aromatic N) is 3. The monoisotopic (exact) mass is 327 g/mol. The lowest BCUT2D eigenvalue weighted by Gasteiger charge is -2.17. The molecule has 0 saturated carbocycles. The van der Waals surface area contributed by atoms with Crippen molar-refractivity contribution in [3.63, 3.8) is 0 Å². The van der Waals surface area contributed by atoms with Crippen LogP contribution in [0.5, 0.6) is 0 Å². The maximum absolute atomic E-state index is 13.2. The number of alkyl halides is 1. The predicted molar refractivity (Wildman–Crippen MR) is 74.8 cm³/mol. The van der Waals surface area contributed by atoms with E-state index in [-0.39, 0.29) is 0 Å². The lowest BCUT2D eigenvalue weighted by molar-refractivity contribution is 0.364. The Balaban J connectivity index is 1.90. The van der Waals surface area contributed by atoms with Crippen LogP contribution >= 0.6 is 27.3 Å². The van der Waals surface area contributed by atoms with E-state index in [1.54, 1.807) is 23.7 Å². The lowest BCUT2D eigenvalue weighted by Crippen LogP contribution is -2.21. The Hall–Kier alpha value is -1.01. The third-order valence-corrected chi connectivity index (χ3v) is 4.34. The number of aromatic nitrogens is 2. The molecule has 3 heterocycles. The van der Waals surface area contributed by atoms with E-state index in [1.165, 1.54) is 0 Å². The minimum absolute atomic E-state index is 0.433. The Morgan fingerprint density at radius 1 is 1.44 bits per heavy atom. The first-order valence-electron chi connectivity index (χ1n) is 5.68. The van der Waals surface area contributed by atoms with Gasteiger partial charge in [-0.25, -0.2) is 14.4 Å². The Morgan fingerprint density at radius 2 is 2.33 bits per heavy atom. The second-order valence-electron chi connectivity index (χ2n) is 4.20. The van der Waals surface area contributed by atoms with E-state index in [9.17, 15) is 4.39 Å². The molecule has 3 rings (SSSR count). The number of rotatable bonds is 2. The summed E-state index contributed by atoms with van der Waals surface area (Å²) in [7, 11) is 0. The quantitative estimate of drug-likeness (QED) is 0.845. The Kier molecular flexibility index (Phi) is 3.30. The van der Waals surface area contributed by atoms with Gasteiger partial charge in [0, 0.05) is 29.9 Å². The Bertz CT molecular complexity index is 546. The van der Waals surface area contributed by atoms with Crippen molar-refractivity contribution in [3.8, 4) is 10.6 Å². The zero-order valence-electron chi connectivity index (χ0n) is 9.51. The van der Waals surface area contributed by atoms with Gasteiger partial charge in [0.2, 0.25) is 0 Å². The summed E-state index contributed by atoms with van der Waals surface area (Å²) in [5.74, 6) is 0.815. The van der Waals surface area contributed by atoms with Crippen molar-refractivity contribution in [2.45, 2.75) is 12.6 Å². The molecule has 2 aromatic heterocycles. The maximum Gasteiger partial charge on any atom is 0.143 e. The molecule has 1 fully saturated rings. The van der Waals surface area contributed by atoms with E-state index in [2.05, 4.69) is 25.9 Å². The van der Waals surface area contributed by atoms with Crippen LogP contribution in [0.1, 0.15) is 6.42 Å². The smallest absolute Gasteiger partial charge is 0.143 e. The molecule has 1 atom stereocenters. The fraction of sp³-hybridized carbons (Fsp3) is 0.333. The molecule has 1 saturated heterocycles. The zero-order valence-corrected chi connectivity index (χ0v) is 11.9. The van der Waals surface area contributed by atoms with Crippen LogP contribution in [0.4, 0.5) is 10.2 Å². The van der Waals surface area contributed by atoms with Gasteiger partial charge in [-0.2, -0.15) is 0 Å². The predicted octanol–water partition coefficient (Wildman–Crippen LogP) is 3.52. The lowest BCUT2D eigenvalue weighted by atomic mass is 10.3. The highest BCUT2D eigenvalue weighted by Crippen LogP contribution is 2.31. The summed E-state index contributed by atoms with van der Waals surface area (Å²) < 4.78 is 14.1. The average molecular weight is 328 g/mol. The fourth-order valence-electron chi connectivity index (χ4n) is 2.06. The summed E-state index contributed by atoms with van der Waals surface area (Å²) in [6, 6.07) is 1.99. The van der Waals surface area contributed by atoms with Crippen LogP contribution in [0.15, 0.2) is 28.3 Å². The van der Waals surface area contributed by atoms with Crippen molar-refractivity contribution in [1.82, 2.24) is 9.97 Å².